The maximum absolute atomic E-state index is 11.4. The minimum atomic E-state index is -0.248. The Morgan fingerprint density at radius 2 is 2.12 bits per heavy atom. The summed E-state index contributed by atoms with van der Waals surface area (Å²) in [7, 11) is 0. The van der Waals surface area contributed by atoms with Crippen LogP contribution in [0.3, 0.4) is 0 Å². The maximum Gasteiger partial charge on any atom is 0.319 e. The number of nitrogens with one attached hydrogen (secondary N) is 3. The molecule has 2 aromatic rings. The minimum Gasteiger partial charge on any atom is -0.347 e. The lowest BCUT2D eigenvalue weighted by Gasteiger charge is -2.05. The molecule has 0 fully saturated rings. The number of imidazole rings is 1. The van der Waals surface area contributed by atoms with Crippen LogP contribution >= 0.6 is 0 Å². The fourth-order valence-corrected chi connectivity index (χ4v) is 1.26. The highest BCUT2D eigenvalue weighted by atomic mass is 16.2. The number of amides is 2. The number of nitrogens with zero attached hydrogens (tertiary/aromatic N) is 1. The van der Waals surface area contributed by atoms with E-state index in [0.29, 0.717) is 6.54 Å². The number of benzene rings is 1. The van der Waals surface area contributed by atoms with Crippen molar-refractivity contribution in [3.8, 4) is 0 Å². The van der Waals surface area contributed by atoms with Gasteiger partial charge in [-0.05, 0) is 12.1 Å². The lowest BCUT2D eigenvalue weighted by atomic mass is 10.3. The topological polar surface area (TPSA) is 69.8 Å². The average molecular weight is 216 g/mol. The Hall–Kier alpha value is -2.30. The smallest absolute Gasteiger partial charge is 0.319 e. The fraction of sp³-hybridized carbons (Fsp3) is 0.0909. The molecule has 16 heavy (non-hydrogen) atoms. The summed E-state index contributed by atoms with van der Waals surface area (Å²) in [5.74, 6) is 0.725. The van der Waals surface area contributed by atoms with Crippen molar-refractivity contribution in [2.45, 2.75) is 6.54 Å². The van der Waals surface area contributed by atoms with Crippen molar-refractivity contribution >= 4 is 11.7 Å². The SMILES string of the molecule is O=C(NCc1ncc[nH]1)Nc1ccccc1. The molecule has 1 aromatic carbocycles. The number of H-pyrrole nitrogens is 1. The molecule has 82 valence electrons. The highest BCUT2D eigenvalue weighted by molar-refractivity contribution is 5.89. The zero-order valence-corrected chi connectivity index (χ0v) is 8.60. The second-order valence-electron chi connectivity index (χ2n) is 3.21. The molecule has 0 saturated heterocycles. The molecule has 2 rings (SSSR count). The second-order valence-corrected chi connectivity index (χ2v) is 3.21. The van der Waals surface area contributed by atoms with Crippen molar-refractivity contribution in [3.63, 3.8) is 0 Å². The summed E-state index contributed by atoms with van der Waals surface area (Å²) in [5, 5.41) is 5.40. The Morgan fingerprint density at radius 1 is 1.31 bits per heavy atom. The fourth-order valence-electron chi connectivity index (χ4n) is 1.26. The molecule has 0 aliphatic heterocycles. The van der Waals surface area contributed by atoms with Crippen molar-refractivity contribution in [2.75, 3.05) is 5.32 Å². The Labute approximate surface area is 92.9 Å². The minimum absolute atomic E-state index is 0.248. The predicted octanol–water partition coefficient (Wildman–Crippen LogP) is 1.73. The van der Waals surface area contributed by atoms with Gasteiger partial charge in [-0.1, -0.05) is 18.2 Å². The number of para-hydroxylation sites is 1. The first-order valence-corrected chi connectivity index (χ1v) is 4.93. The van der Waals surface area contributed by atoms with Crippen LogP contribution in [0.25, 0.3) is 0 Å². The monoisotopic (exact) mass is 216 g/mol. The van der Waals surface area contributed by atoms with Crippen LogP contribution in [0, 0.1) is 0 Å². The van der Waals surface area contributed by atoms with Crippen molar-refractivity contribution in [1.82, 2.24) is 15.3 Å². The third-order valence-corrected chi connectivity index (χ3v) is 2.00. The first kappa shape index (κ1) is 10.2. The molecular weight excluding hydrogens is 204 g/mol. The van der Waals surface area contributed by atoms with E-state index in [0.717, 1.165) is 11.5 Å². The van der Waals surface area contributed by atoms with Crippen molar-refractivity contribution in [2.24, 2.45) is 0 Å². The number of hydrogen-bond acceptors (Lipinski definition) is 2. The summed E-state index contributed by atoms with van der Waals surface area (Å²) < 4.78 is 0. The van der Waals surface area contributed by atoms with Gasteiger partial charge >= 0.3 is 6.03 Å². The van der Waals surface area contributed by atoms with Crippen LogP contribution in [0.2, 0.25) is 0 Å². The van der Waals surface area contributed by atoms with E-state index in [1.54, 1.807) is 12.4 Å². The van der Waals surface area contributed by atoms with Crippen LogP contribution in [-0.4, -0.2) is 16.0 Å². The summed E-state index contributed by atoms with van der Waals surface area (Å²) in [6.07, 6.45) is 3.36. The van der Waals surface area contributed by atoms with Gasteiger partial charge in [-0.3, -0.25) is 0 Å². The molecule has 0 atom stereocenters. The second kappa shape index (κ2) is 4.97. The number of carbonyl (C=O) groups is 1. The number of hydrogen-bond donors (Lipinski definition) is 3. The molecule has 3 N–H and O–H groups in total. The van der Waals surface area contributed by atoms with Gasteiger partial charge in [-0.15, -0.1) is 0 Å². The number of aromatic amines is 1. The van der Waals surface area contributed by atoms with E-state index in [9.17, 15) is 4.79 Å². The summed E-state index contributed by atoms with van der Waals surface area (Å²) in [6, 6.07) is 9.03. The van der Waals surface area contributed by atoms with Crippen LogP contribution in [0.4, 0.5) is 10.5 Å². The first-order chi connectivity index (χ1) is 7.84. The molecule has 0 aliphatic carbocycles. The number of anilines is 1. The van der Waals surface area contributed by atoms with Gasteiger partial charge in [0, 0.05) is 18.1 Å². The van der Waals surface area contributed by atoms with Gasteiger partial charge in [0.1, 0.15) is 5.82 Å². The van der Waals surface area contributed by atoms with E-state index in [-0.39, 0.29) is 6.03 Å². The lowest BCUT2D eigenvalue weighted by Crippen LogP contribution is -2.28. The first-order valence-electron chi connectivity index (χ1n) is 4.93. The number of urea groups is 1. The van der Waals surface area contributed by atoms with Gasteiger partial charge in [0.2, 0.25) is 0 Å². The maximum atomic E-state index is 11.4. The van der Waals surface area contributed by atoms with Gasteiger partial charge in [0.25, 0.3) is 0 Å². The van der Waals surface area contributed by atoms with E-state index < -0.39 is 0 Å². The Bertz CT molecular complexity index is 438. The quantitative estimate of drug-likeness (QED) is 0.731. The molecule has 0 radical (unpaired) electrons. The summed E-state index contributed by atoms with van der Waals surface area (Å²) in [4.78, 5) is 18.3. The van der Waals surface area contributed by atoms with E-state index in [1.165, 1.54) is 0 Å². The predicted molar refractivity (Wildman–Crippen MR) is 60.9 cm³/mol. The number of aromatic nitrogens is 2. The Balaban J connectivity index is 1.81. The van der Waals surface area contributed by atoms with Crippen molar-refractivity contribution in [3.05, 3.63) is 48.5 Å². The number of carbonyl (C=O) groups excluding carboxylic acids is 1. The molecule has 0 spiro atoms. The van der Waals surface area contributed by atoms with Crippen molar-refractivity contribution in [1.29, 1.82) is 0 Å². The zero-order valence-electron chi connectivity index (χ0n) is 8.60. The molecule has 0 bridgehead atoms. The van der Waals surface area contributed by atoms with E-state index in [4.69, 9.17) is 0 Å². The third-order valence-electron chi connectivity index (χ3n) is 2.00. The lowest BCUT2D eigenvalue weighted by molar-refractivity contribution is 0.251. The zero-order chi connectivity index (χ0) is 11.2. The molecule has 1 aromatic heterocycles. The van der Waals surface area contributed by atoms with Gasteiger partial charge in [-0.2, -0.15) is 0 Å². The van der Waals surface area contributed by atoms with E-state index in [2.05, 4.69) is 20.6 Å². The van der Waals surface area contributed by atoms with Gasteiger partial charge < -0.3 is 15.6 Å². The van der Waals surface area contributed by atoms with Crippen molar-refractivity contribution < 1.29 is 4.79 Å². The van der Waals surface area contributed by atoms with Crippen LogP contribution in [0.15, 0.2) is 42.7 Å². The summed E-state index contributed by atoms with van der Waals surface area (Å²) in [5.41, 5.74) is 0.763. The molecule has 5 heteroatoms. The number of rotatable bonds is 3. The van der Waals surface area contributed by atoms with Crippen LogP contribution in [-0.2, 0) is 6.54 Å². The van der Waals surface area contributed by atoms with E-state index in [1.807, 2.05) is 30.3 Å². The normalized spacial score (nSPS) is 9.75. The Morgan fingerprint density at radius 3 is 2.81 bits per heavy atom. The summed E-state index contributed by atoms with van der Waals surface area (Å²) >= 11 is 0. The Kier molecular flexibility index (Phi) is 3.18. The van der Waals surface area contributed by atoms with E-state index >= 15 is 0 Å². The molecule has 5 nitrogen and oxygen atoms in total. The standard InChI is InChI=1S/C11H12N4O/c16-11(14-8-10-12-6-7-13-10)15-9-4-2-1-3-5-9/h1-7H,8H2,(H,12,13)(H2,14,15,16). The van der Waals surface area contributed by atoms with Gasteiger partial charge in [-0.25, -0.2) is 9.78 Å². The molecule has 0 saturated carbocycles. The average Bonchev–Trinajstić information content (AvgIpc) is 2.81. The molecule has 1 heterocycles. The third kappa shape index (κ3) is 2.84. The molecule has 0 unspecified atom stereocenters. The van der Waals surface area contributed by atoms with Crippen LogP contribution in [0.5, 0.6) is 0 Å². The van der Waals surface area contributed by atoms with Crippen LogP contribution < -0.4 is 10.6 Å². The van der Waals surface area contributed by atoms with Gasteiger partial charge in [0.05, 0.1) is 6.54 Å². The van der Waals surface area contributed by atoms with Crippen LogP contribution in [0.1, 0.15) is 5.82 Å². The highest BCUT2D eigenvalue weighted by Crippen LogP contribution is 2.04. The van der Waals surface area contributed by atoms with Gasteiger partial charge in [0.15, 0.2) is 0 Å². The molecule has 0 aliphatic rings. The summed E-state index contributed by atoms with van der Waals surface area (Å²) in [6.45, 7) is 0.381. The largest absolute Gasteiger partial charge is 0.347 e. The molecule has 2 amide bonds. The highest BCUT2D eigenvalue weighted by Gasteiger charge is 2.01. The molecular formula is C11H12N4O.